The number of ether oxygens (including phenoxy) is 1. The smallest absolute Gasteiger partial charge is 0.274 e. The molecule has 128 valence electrons. The molecular weight excluding hydrogens is 372 g/mol. The van der Waals surface area contributed by atoms with E-state index in [4.69, 9.17) is 4.74 Å². The van der Waals surface area contributed by atoms with Crippen LogP contribution in [0.4, 0.5) is 11.6 Å². The quantitative estimate of drug-likeness (QED) is 0.704. The molecule has 6 nitrogen and oxygen atoms in total. The van der Waals surface area contributed by atoms with Crippen molar-refractivity contribution < 1.29 is 9.53 Å². The Bertz CT molecular complexity index is 722. The second kappa shape index (κ2) is 8.75. The summed E-state index contributed by atoms with van der Waals surface area (Å²) < 4.78 is 5.95. The number of amides is 1. The minimum absolute atomic E-state index is 0.267. The van der Waals surface area contributed by atoms with Gasteiger partial charge in [0.25, 0.3) is 5.91 Å². The molecule has 0 saturated heterocycles. The summed E-state index contributed by atoms with van der Waals surface area (Å²) in [6.45, 7) is 5.17. The molecule has 0 atom stereocenters. The van der Waals surface area contributed by atoms with Crippen LogP contribution < -0.4 is 10.6 Å². The standard InChI is InChI=1S/C17H21BrN4O2/c1-11-5-6-13(10-14(11)18)21-16(23)15-9-12(2)20-17(22-15)19-7-4-8-24-3/h5-6,9-10H,4,7-8H2,1-3H3,(H,21,23)(H,19,20,22). The minimum atomic E-state index is -0.267. The lowest BCUT2D eigenvalue weighted by Crippen LogP contribution is -2.16. The molecule has 0 radical (unpaired) electrons. The molecule has 0 bridgehead atoms. The molecule has 1 heterocycles. The summed E-state index contributed by atoms with van der Waals surface area (Å²) in [5, 5.41) is 5.96. The Labute approximate surface area is 150 Å². The third kappa shape index (κ3) is 5.28. The van der Waals surface area contributed by atoms with Gasteiger partial charge in [0.15, 0.2) is 0 Å². The highest BCUT2D eigenvalue weighted by Gasteiger charge is 2.11. The van der Waals surface area contributed by atoms with E-state index in [1.165, 1.54) is 0 Å². The van der Waals surface area contributed by atoms with Gasteiger partial charge in [0.05, 0.1) is 0 Å². The van der Waals surface area contributed by atoms with E-state index in [0.717, 1.165) is 22.2 Å². The fraction of sp³-hybridized carbons (Fsp3) is 0.353. The van der Waals surface area contributed by atoms with Crippen molar-refractivity contribution in [1.29, 1.82) is 0 Å². The second-order valence-corrected chi connectivity index (χ2v) is 6.26. The van der Waals surface area contributed by atoms with Gasteiger partial charge in [-0.2, -0.15) is 0 Å². The van der Waals surface area contributed by atoms with E-state index in [9.17, 15) is 4.79 Å². The summed E-state index contributed by atoms with van der Waals surface area (Å²) in [6.07, 6.45) is 0.840. The molecule has 0 aliphatic carbocycles. The highest BCUT2D eigenvalue weighted by Crippen LogP contribution is 2.21. The van der Waals surface area contributed by atoms with Gasteiger partial charge in [0, 0.05) is 36.1 Å². The van der Waals surface area contributed by atoms with Gasteiger partial charge in [-0.15, -0.1) is 0 Å². The number of hydrogen-bond donors (Lipinski definition) is 2. The van der Waals surface area contributed by atoms with Crippen LogP contribution in [-0.4, -0.2) is 36.1 Å². The van der Waals surface area contributed by atoms with Gasteiger partial charge in [-0.05, 0) is 44.0 Å². The number of rotatable bonds is 7. The number of anilines is 2. The van der Waals surface area contributed by atoms with Crippen LogP contribution in [-0.2, 0) is 4.74 Å². The van der Waals surface area contributed by atoms with Crippen LogP contribution in [0.5, 0.6) is 0 Å². The van der Waals surface area contributed by atoms with Gasteiger partial charge in [0.2, 0.25) is 5.95 Å². The third-order valence-electron chi connectivity index (χ3n) is 3.32. The van der Waals surface area contributed by atoms with Crippen LogP contribution in [0.25, 0.3) is 0 Å². The van der Waals surface area contributed by atoms with E-state index in [1.54, 1.807) is 13.2 Å². The number of aromatic nitrogens is 2. The van der Waals surface area contributed by atoms with E-state index in [1.807, 2.05) is 32.0 Å². The SMILES string of the molecule is COCCCNc1nc(C)cc(C(=O)Nc2ccc(C)c(Br)c2)n1. The lowest BCUT2D eigenvalue weighted by atomic mass is 10.2. The molecule has 0 fully saturated rings. The Morgan fingerprint density at radius 1 is 1.25 bits per heavy atom. The molecule has 0 aliphatic rings. The van der Waals surface area contributed by atoms with Crippen LogP contribution in [0, 0.1) is 13.8 Å². The molecule has 0 aliphatic heterocycles. The number of nitrogens with zero attached hydrogens (tertiary/aromatic N) is 2. The highest BCUT2D eigenvalue weighted by molar-refractivity contribution is 9.10. The summed E-state index contributed by atoms with van der Waals surface area (Å²) in [5.41, 5.74) is 2.87. The number of benzene rings is 1. The predicted molar refractivity (Wildman–Crippen MR) is 98.6 cm³/mol. The number of aryl methyl sites for hydroxylation is 2. The summed E-state index contributed by atoms with van der Waals surface area (Å²) >= 11 is 3.46. The van der Waals surface area contributed by atoms with Gasteiger partial charge in [-0.3, -0.25) is 4.79 Å². The summed E-state index contributed by atoms with van der Waals surface area (Å²) in [6, 6.07) is 7.33. The van der Waals surface area contributed by atoms with E-state index >= 15 is 0 Å². The van der Waals surface area contributed by atoms with Gasteiger partial charge in [-0.25, -0.2) is 9.97 Å². The number of nitrogens with one attached hydrogen (secondary N) is 2. The molecular formula is C17H21BrN4O2. The first-order valence-corrected chi connectivity index (χ1v) is 8.45. The van der Waals surface area contributed by atoms with Crippen LogP contribution in [0.15, 0.2) is 28.7 Å². The minimum Gasteiger partial charge on any atom is -0.385 e. The average molecular weight is 393 g/mol. The van der Waals surface area contributed by atoms with Crippen LogP contribution in [0.3, 0.4) is 0 Å². The molecule has 2 N–H and O–H groups in total. The molecule has 7 heteroatoms. The van der Waals surface area contributed by atoms with E-state index in [2.05, 4.69) is 36.5 Å². The van der Waals surface area contributed by atoms with E-state index < -0.39 is 0 Å². The number of halogens is 1. The topological polar surface area (TPSA) is 76.1 Å². The van der Waals surface area contributed by atoms with Crippen molar-refractivity contribution in [2.75, 3.05) is 30.9 Å². The third-order valence-corrected chi connectivity index (χ3v) is 4.18. The normalized spacial score (nSPS) is 10.5. The Morgan fingerprint density at radius 3 is 2.75 bits per heavy atom. The van der Waals surface area contributed by atoms with Gasteiger partial charge in [0.1, 0.15) is 5.69 Å². The van der Waals surface area contributed by atoms with Gasteiger partial charge in [-0.1, -0.05) is 22.0 Å². The van der Waals surface area contributed by atoms with Crippen molar-refractivity contribution in [1.82, 2.24) is 9.97 Å². The highest BCUT2D eigenvalue weighted by atomic mass is 79.9. The number of hydrogen-bond acceptors (Lipinski definition) is 5. The summed E-state index contributed by atoms with van der Waals surface area (Å²) in [7, 11) is 1.66. The molecule has 2 aromatic rings. The fourth-order valence-corrected chi connectivity index (χ4v) is 2.43. The van der Waals surface area contributed by atoms with Crippen molar-refractivity contribution in [2.45, 2.75) is 20.3 Å². The van der Waals surface area contributed by atoms with Crippen molar-refractivity contribution in [2.24, 2.45) is 0 Å². The lowest BCUT2D eigenvalue weighted by molar-refractivity contribution is 0.102. The van der Waals surface area contributed by atoms with E-state index in [-0.39, 0.29) is 5.91 Å². The molecule has 0 spiro atoms. The number of methoxy groups -OCH3 is 1. The van der Waals surface area contributed by atoms with Crippen molar-refractivity contribution >= 4 is 33.5 Å². The van der Waals surface area contributed by atoms with Crippen molar-refractivity contribution in [3.8, 4) is 0 Å². The maximum Gasteiger partial charge on any atom is 0.274 e. The lowest BCUT2D eigenvalue weighted by Gasteiger charge is -2.09. The van der Waals surface area contributed by atoms with Crippen LogP contribution in [0.1, 0.15) is 28.2 Å². The Morgan fingerprint density at radius 2 is 2.04 bits per heavy atom. The Kier molecular flexibility index (Phi) is 6.69. The van der Waals surface area contributed by atoms with Crippen LogP contribution in [0.2, 0.25) is 0 Å². The predicted octanol–water partition coefficient (Wildman–Crippen LogP) is 3.56. The van der Waals surface area contributed by atoms with E-state index in [0.29, 0.717) is 30.5 Å². The largest absolute Gasteiger partial charge is 0.385 e. The van der Waals surface area contributed by atoms with Crippen LogP contribution >= 0.6 is 15.9 Å². The molecule has 1 aromatic heterocycles. The Balaban J connectivity index is 2.07. The average Bonchev–Trinajstić information content (AvgIpc) is 2.54. The van der Waals surface area contributed by atoms with Crippen molar-refractivity contribution in [3.05, 3.63) is 45.7 Å². The van der Waals surface area contributed by atoms with Gasteiger partial charge < -0.3 is 15.4 Å². The maximum atomic E-state index is 12.4. The molecule has 1 amide bonds. The fourth-order valence-electron chi connectivity index (χ4n) is 2.05. The second-order valence-electron chi connectivity index (χ2n) is 5.41. The first-order valence-electron chi connectivity index (χ1n) is 7.65. The molecule has 1 aromatic carbocycles. The number of carbonyl (C=O) groups is 1. The maximum absolute atomic E-state index is 12.4. The zero-order chi connectivity index (χ0) is 17.5. The molecule has 0 saturated carbocycles. The summed E-state index contributed by atoms with van der Waals surface area (Å²) in [5.74, 6) is 0.178. The molecule has 2 rings (SSSR count). The summed E-state index contributed by atoms with van der Waals surface area (Å²) in [4.78, 5) is 21.0. The zero-order valence-electron chi connectivity index (χ0n) is 14.0. The first-order chi connectivity index (χ1) is 11.5. The number of carbonyl (C=O) groups excluding carboxylic acids is 1. The van der Waals surface area contributed by atoms with Crippen molar-refractivity contribution in [3.63, 3.8) is 0 Å². The Hall–Kier alpha value is -1.99. The molecule has 24 heavy (non-hydrogen) atoms. The zero-order valence-corrected chi connectivity index (χ0v) is 15.6. The van der Waals surface area contributed by atoms with Gasteiger partial charge >= 0.3 is 0 Å². The first kappa shape index (κ1) is 18.4. The molecule has 0 unspecified atom stereocenters. The monoisotopic (exact) mass is 392 g/mol.